The number of H-pyrrole nitrogens is 1. The number of halogens is 3. The number of carboxylic acids is 1. The number of hydrogen-bond donors (Lipinski definition) is 4. The summed E-state index contributed by atoms with van der Waals surface area (Å²) in [6, 6.07) is 8.88. The van der Waals surface area contributed by atoms with E-state index >= 15 is 0 Å². The lowest BCUT2D eigenvalue weighted by molar-refractivity contribution is -0.148. The zero-order valence-electron chi connectivity index (χ0n) is 15.7. The van der Waals surface area contributed by atoms with Crippen molar-refractivity contribution < 1.29 is 24.2 Å². The molecule has 162 valence electrons. The Morgan fingerprint density at radius 1 is 1.23 bits per heavy atom. The zero-order valence-corrected chi connectivity index (χ0v) is 17.2. The predicted octanol–water partition coefficient (Wildman–Crippen LogP) is 2.51. The second-order valence-electron chi connectivity index (χ2n) is 6.46. The van der Waals surface area contributed by atoms with Crippen molar-refractivity contribution in [2.24, 2.45) is 0 Å². The minimum absolute atomic E-state index is 0.0345. The Kier molecular flexibility index (Phi) is 7.18. The highest BCUT2D eigenvalue weighted by Crippen LogP contribution is 2.30. The fourth-order valence-corrected chi connectivity index (χ4v) is 3.13. The smallest absolute Gasteiger partial charge is 0.333 e. The van der Waals surface area contributed by atoms with Crippen LogP contribution in [0.4, 0.5) is 4.39 Å². The van der Waals surface area contributed by atoms with Crippen molar-refractivity contribution >= 4 is 35.1 Å². The van der Waals surface area contributed by atoms with E-state index in [0.717, 1.165) is 0 Å². The molecule has 0 saturated heterocycles. The molecule has 3 aromatic rings. The summed E-state index contributed by atoms with van der Waals surface area (Å²) in [5.41, 5.74) is 3.66. The molecule has 0 aliphatic rings. The standard InChI is InChI=1S/C19H16Cl2FN5O4/c20-12-3-4-15(22)13(6-12)10-1-2-11(14(21)5-10)8-27(9-17(28)19(30)31)25-18(29)16-7-23-26-24-16/h1-7,17,28H,8-9H2,(H,25,29)(H,30,31)(H,23,24,26)/t17-/m1/s1. The van der Waals surface area contributed by atoms with Gasteiger partial charge in [0.25, 0.3) is 5.91 Å². The summed E-state index contributed by atoms with van der Waals surface area (Å²) in [6.07, 6.45) is -0.515. The number of hydrogen-bond acceptors (Lipinski definition) is 6. The van der Waals surface area contributed by atoms with E-state index < -0.39 is 30.3 Å². The lowest BCUT2D eigenvalue weighted by Crippen LogP contribution is -2.47. The van der Waals surface area contributed by atoms with Crippen molar-refractivity contribution in [1.82, 2.24) is 25.8 Å². The van der Waals surface area contributed by atoms with Gasteiger partial charge in [-0.2, -0.15) is 0 Å². The van der Waals surface area contributed by atoms with Gasteiger partial charge in [-0.1, -0.05) is 40.5 Å². The van der Waals surface area contributed by atoms with Crippen LogP contribution in [0.15, 0.2) is 42.6 Å². The van der Waals surface area contributed by atoms with Crippen LogP contribution in [0.3, 0.4) is 0 Å². The van der Waals surface area contributed by atoms with Crippen LogP contribution in [-0.2, 0) is 11.3 Å². The van der Waals surface area contributed by atoms with Gasteiger partial charge in [0.05, 0.1) is 12.7 Å². The molecule has 12 heteroatoms. The van der Waals surface area contributed by atoms with Crippen LogP contribution in [0.2, 0.25) is 10.0 Å². The quantitative estimate of drug-likeness (QED) is 0.374. The molecular weight excluding hydrogens is 452 g/mol. The van der Waals surface area contributed by atoms with Gasteiger partial charge in [-0.05, 0) is 35.4 Å². The van der Waals surface area contributed by atoms with Crippen molar-refractivity contribution in [2.75, 3.05) is 6.54 Å². The van der Waals surface area contributed by atoms with Crippen molar-refractivity contribution in [2.45, 2.75) is 12.6 Å². The van der Waals surface area contributed by atoms with Crippen LogP contribution in [-0.4, -0.2) is 55.2 Å². The first-order chi connectivity index (χ1) is 14.7. The van der Waals surface area contributed by atoms with Gasteiger partial charge in [0, 0.05) is 22.2 Å². The molecule has 1 aromatic heterocycles. The lowest BCUT2D eigenvalue weighted by atomic mass is 10.0. The molecule has 0 saturated carbocycles. The van der Waals surface area contributed by atoms with Crippen LogP contribution in [0.5, 0.6) is 0 Å². The number of rotatable bonds is 8. The number of aromatic amines is 1. The fourth-order valence-electron chi connectivity index (χ4n) is 2.72. The van der Waals surface area contributed by atoms with Gasteiger partial charge in [0.1, 0.15) is 5.82 Å². The highest BCUT2D eigenvalue weighted by molar-refractivity contribution is 6.32. The molecule has 1 heterocycles. The summed E-state index contributed by atoms with van der Waals surface area (Å²) < 4.78 is 14.1. The monoisotopic (exact) mass is 467 g/mol. The van der Waals surface area contributed by atoms with Gasteiger partial charge >= 0.3 is 5.97 Å². The minimum Gasteiger partial charge on any atom is -0.479 e. The van der Waals surface area contributed by atoms with Crippen molar-refractivity contribution in [3.8, 4) is 11.1 Å². The maximum absolute atomic E-state index is 14.1. The van der Waals surface area contributed by atoms with Crippen molar-refractivity contribution in [3.63, 3.8) is 0 Å². The van der Waals surface area contributed by atoms with Gasteiger partial charge in [-0.3, -0.25) is 15.3 Å². The molecule has 0 bridgehead atoms. The SMILES string of the molecule is O=C(NN(Cc1ccc(-c2cc(Cl)ccc2F)cc1Cl)C[C@@H](O)C(=O)O)c1c[nH]nn1. The molecule has 0 fully saturated rings. The van der Waals surface area contributed by atoms with Crippen LogP contribution < -0.4 is 5.43 Å². The fraction of sp³-hybridized carbons (Fsp3) is 0.158. The average molecular weight is 468 g/mol. The summed E-state index contributed by atoms with van der Waals surface area (Å²) in [5.74, 6) is -2.60. The Hall–Kier alpha value is -3.05. The normalized spacial score (nSPS) is 12.0. The summed E-state index contributed by atoms with van der Waals surface area (Å²) in [4.78, 5) is 23.3. The van der Waals surface area contributed by atoms with E-state index in [-0.39, 0.29) is 22.8 Å². The summed E-state index contributed by atoms with van der Waals surface area (Å²) in [5, 5.41) is 29.9. The maximum Gasteiger partial charge on any atom is 0.333 e. The molecule has 9 nitrogen and oxygen atoms in total. The minimum atomic E-state index is -1.77. The Labute approximate surface area is 185 Å². The Morgan fingerprint density at radius 3 is 2.65 bits per heavy atom. The molecule has 4 N–H and O–H groups in total. The molecule has 1 atom stereocenters. The van der Waals surface area contributed by atoms with Gasteiger partial charge < -0.3 is 10.2 Å². The first kappa shape index (κ1) is 22.6. The number of carboxylic acid groups (broad SMARTS) is 1. The van der Waals surface area contributed by atoms with E-state index in [9.17, 15) is 19.1 Å². The Balaban J connectivity index is 1.83. The highest BCUT2D eigenvalue weighted by atomic mass is 35.5. The van der Waals surface area contributed by atoms with Gasteiger partial charge in [0.2, 0.25) is 0 Å². The number of nitrogens with one attached hydrogen (secondary N) is 2. The topological polar surface area (TPSA) is 131 Å². The number of aliphatic carboxylic acids is 1. The number of aromatic nitrogens is 3. The van der Waals surface area contributed by atoms with E-state index in [1.165, 1.54) is 35.5 Å². The lowest BCUT2D eigenvalue weighted by Gasteiger charge is -2.24. The molecule has 0 aliphatic heterocycles. The molecular formula is C19H16Cl2FN5O4. The van der Waals surface area contributed by atoms with Gasteiger partial charge in [0.15, 0.2) is 11.8 Å². The molecule has 1 amide bonds. The summed E-state index contributed by atoms with van der Waals surface area (Å²) >= 11 is 12.3. The van der Waals surface area contributed by atoms with E-state index in [0.29, 0.717) is 16.1 Å². The predicted molar refractivity (Wildman–Crippen MR) is 110 cm³/mol. The molecule has 31 heavy (non-hydrogen) atoms. The number of nitrogens with zero attached hydrogens (tertiary/aromatic N) is 3. The maximum atomic E-state index is 14.1. The van der Waals surface area contributed by atoms with Crippen LogP contribution in [0, 0.1) is 5.82 Å². The number of amides is 1. The van der Waals surface area contributed by atoms with Gasteiger partial charge in [-0.15, -0.1) is 5.10 Å². The third-order valence-electron chi connectivity index (χ3n) is 4.24. The van der Waals surface area contributed by atoms with Crippen LogP contribution in [0.25, 0.3) is 11.1 Å². The van der Waals surface area contributed by atoms with E-state index in [1.54, 1.807) is 12.1 Å². The third kappa shape index (κ3) is 5.76. The van der Waals surface area contributed by atoms with E-state index in [2.05, 4.69) is 20.8 Å². The Bertz CT molecular complexity index is 1100. The second-order valence-corrected chi connectivity index (χ2v) is 7.31. The number of carbonyl (C=O) groups excluding carboxylic acids is 1. The van der Waals surface area contributed by atoms with Crippen molar-refractivity contribution in [3.05, 3.63) is 69.7 Å². The van der Waals surface area contributed by atoms with Gasteiger partial charge in [-0.25, -0.2) is 14.2 Å². The summed E-state index contributed by atoms with van der Waals surface area (Å²) in [6.45, 7) is -0.481. The first-order valence-electron chi connectivity index (χ1n) is 8.81. The number of aliphatic hydroxyl groups excluding tert-OH is 1. The second kappa shape index (κ2) is 9.84. The molecule has 0 radical (unpaired) electrons. The van der Waals surface area contributed by atoms with Crippen molar-refractivity contribution in [1.29, 1.82) is 0 Å². The summed E-state index contributed by atoms with van der Waals surface area (Å²) in [7, 11) is 0. The van der Waals surface area contributed by atoms with Crippen LogP contribution >= 0.6 is 23.2 Å². The molecule has 0 unspecified atom stereocenters. The Morgan fingerprint density at radius 2 is 2.00 bits per heavy atom. The number of carbonyl (C=O) groups is 2. The average Bonchev–Trinajstić information content (AvgIpc) is 3.26. The third-order valence-corrected chi connectivity index (χ3v) is 4.83. The molecule has 0 spiro atoms. The molecule has 0 aliphatic carbocycles. The molecule has 2 aromatic carbocycles. The van der Waals surface area contributed by atoms with E-state index in [1.807, 2.05) is 0 Å². The highest BCUT2D eigenvalue weighted by Gasteiger charge is 2.22. The number of aliphatic hydroxyl groups is 1. The van der Waals surface area contributed by atoms with E-state index in [4.69, 9.17) is 28.3 Å². The van der Waals surface area contributed by atoms with Crippen LogP contribution in [0.1, 0.15) is 16.1 Å². The zero-order chi connectivity index (χ0) is 22.5. The first-order valence-corrected chi connectivity index (χ1v) is 9.57. The number of hydrazine groups is 1. The largest absolute Gasteiger partial charge is 0.479 e. The molecule has 3 rings (SSSR count). The number of benzene rings is 2.